The van der Waals surface area contributed by atoms with Gasteiger partial charge in [0.1, 0.15) is 11.2 Å². The predicted octanol–water partition coefficient (Wildman–Crippen LogP) is 4.98. The van der Waals surface area contributed by atoms with Crippen LogP contribution in [-0.4, -0.2) is 62.2 Å². The van der Waals surface area contributed by atoms with E-state index >= 15 is 0 Å². The molecule has 1 aromatic rings. The molecule has 5 aliphatic rings. The number of benzene rings is 1. The number of fused-ring (bicyclic) bond motifs is 4. The fourth-order valence-corrected chi connectivity index (χ4v) is 9.56. The first-order chi connectivity index (χ1) is 19.3. The molecule has 1 N–H and O–H groups in total. The molecule has 4 aliphatic carbocycles. The van der Waals surface area contributed by atoms with Gasteiger partial charge in [-0.2, -0.15) is 0 Å². The highest BCUT2D eigenvalue weighted by molar-refractivity contribution is 7.91. The molecular weight excluding hydrogens is 534 g/mol. The second-order valence-electron chi connectivity index (χ2n) is 13.6. The van der Waals surface area contributed by atoms with Crippen molar-refractivity contribution in [2.45, 2.75) is 82.8 Å². The average Bonchev–Trinajstić information content (AvgIpc) is 3.22. The summed E-state index contributed by atoms with van der Waals surface area (Å²) in [6.45, 7) is 7.17. The van der Waals surface area contributed by atoms with Crippen LogP contribution in [0.1, 0.15) is 77.2 Å². The number of carbonyl (C=O) groups is 1. The first-order valence-electron chi connectivity index (χ1n) is 15.2. The second kappa shape index (κ2) is 10.1. The first kappa shape index (κ1) is 28.7. The quantitative estimate of drug-likeness (QED) is 0.511. The van der Waals surface area contributed by atoms with Gasteiger partial charge in [-0.25, -0.2) is 8.42 Å². The van der Waals surface area contributed by atoms with Crippen molar-refractivity contribution in [3.8, 4) is 11.8 Å². The molecule has 0 radical (unpaired) electrons. The van der Waals surface area contributed by atoms with Crippen LogP contribution >= 0.6 is 0 Å². The summed E-state index contributed by atoms with van der Waals surface area (Å²) in [6.07, 6.45) is 7.60. The zero-order chi connectivity index (χ0) is 29.2. The molecule has 5 atom stereocenters. The number of rotatable bonds is 3. The lowest BCUT2D eigenvalue weighted by Gasteiger charge is -2.53. The van der Waals surface area contributed by atoms with Crippen LogP contribution in [0.4, 0.5) is 5.69 Å². The number of ketones is 1. The van der Waals surface area contributed by atoms with Gasteiger partial charge in [-0.1, -0.05) is 36.5 Å². The first-order valence-corrected chi connectivity index (χ1v) is 17.0. The SMILES string of the molecule is COC(C)(C)C#C[C@]1(O)CCC2[C@@H]3CCC4=CC(=O)CCC4=C3[C@@H](c3ccc(N4CCS(=O)(=O)CC4)cc3)C[C@@]21C. The van der Waals surface area contributed by atoms with Crippen LogP contribution in [0, 0.1) is 29.1 Å². The summed E-state index contributed by atoms with van der Waals surface area (Å²) in [5.74, 6) is 8.03. The summed E-state index contributed by atoms with van der Waals surface area (Å²) in [5.41, 5.74) is 4.27. The Morgan fingerprint density at radius 3 is 2.46 bits per heavy atom. The predicted molar refractivity (Wildman–Crippen MR) is 161 cm³/mol. The number of sulfone groups is 1. The second-order valence-corrected chi connectivity index (χ2v) is 15.9. The summed E-state index contributed by atoms with van der Waals surface area (Å²) in [4.78, 5) is 14.5. The Labute approximate surface area is 245 Å². The van der Waals surface area contributed by atoms with E-state index in [4.69, 9.17) is 4.74 Å². The van der Waals surface area contributed by atoms with E-state index in [9.17, 15) is 18.3 Å². The molecule has 0 spiro atoms. The maximum absolute atomic E-state index is 12.4. The Hall–Kier alpha value is -2.40. The van der Waals surface area contributed by atoms with Crippen LogP contribution in [-0.2, 0) is 19.4 Å². The Balaban J connectivity index is 1.41. The summed E-state index contributed by atoms with van der Waals surface area (Å²) in [7, 11) is -1.29. The van der Waals surface area contributed by atoms with Crippen molar-refractivity contribution >= 4 is 21.3 Å². The molecule has 1 saturated heterocycles. The van der Waals surface area contributed by atoms with E-state index in [0.717, 1.165) is 37.8 Å². The zero-order valence-electron chi connectivity index (χ0n) is 24.8. The molecule has 0 bridgehead atoms. The van der Waals surface area contributed by atoms with E-state index < -0.39 is 21.0 Å². The van der Waals surface area contributed by atoms with Gasteiger partial charge in [0.15, 0.2) is 15.6 Å². The summed E-state index contributed by atoms with van der Waals surface area (Å²) in [6, 6.07) is 8.68. The van der Waals surface area contributed by atoms with Crippen molar-refractivity contribution in [3.63, 3.8) is 0 Å². The number of hydrogen-bond acceptors (Lipinski definition) is 6. The van der Waals surface area contributed by atoms with E-state index in [0.29, 0.717) is 37.8 Å². The van der Waals surface area contributed by atoms with Crippen LogP contribution < -0.4 is 4.90 Å². The summed E-state index contributed by atoms with van der Waals surface area (Å²) < 4.78 is 29.5. The molecular formula is C34H43NO5S. The molecule has 220 valence electrons. The lowest BCUT2D eigenvalue weighted by atomic mass is 9.51. The molecule has 2 saturated carbocycles. The van der Waals surface area contributed by atoms with Crippen LogP contribution in [0.5, 0.6) is 0 Å². The minimum Gasteiger partial charge on any atom is -0.377 e. The molecule has 41 heavy (non-hydrogen) atoms. The van der Waals surface area contributed by atoms with Crippen LogP contribution in [0.3, 0.4) is 0 Å². The molecule has 6 rings (SSSR count). The number of carbonyl (C=O) groups excluding carboxylic acids is 1. The maximum atomic E-state index is 12.4. The van der Waals surface area contributed by atoms with Gasteiger partial charge in [0, 0.05) is 43.6 Å². The standard InChI is InChI=1S/C34H43NO5S/c1-32(2,40-4)15-16-34(37)14-13-30-28-11-7-24-21-26(36)10-12-27(24)31(28)29(22-33(30,34)3)23-5-8-25(9-6-23)35-17-19-41(38,39)20-18-35/h5-6,8-9,21,28-30,37H,7,10-14,17-20,22H2,1-4H3/t28-,29+,30?,33-,34+/m0/s1. The number of anilines is 1. The van der Waals surface area contributed by atoms with Gasteiger partial charge in [0.05, 0.1) is 11.5 Å². The van der Waals surface area contributed by atoms with Crippen LogP contribution in [0.25, 0.3) is 0 Å². The minimum absolute atomic E-state index is 0.130. The number of allylic oxidation sites excluding steroid dienone is 4. The monoisotopic (exact) mass is 577 g/mol. The van der Waals surface area contributed by atoms with Crippen molar-refractivity contribution < 1.29 is 23.1 Å². The third kappa shape index (κ3) is 5.00. The third-order valence-corrected chi connectivity index (χ3v) is 12.6. The van der Waals surface area contributed by atoms with Gasteiger partial charge in [0.25, 0.3) is 0 Å². The highest BCUT2D eigenvalue weighted by Crippen LogP contribution is 2.66. The molecule has 0 amide bonds. The van der Waals surface area contributed by atoms with Crippen molar-refractivity contribution in [1.29, 1.82) is 0 Å². The number of aliphatic hydroxyl groups is 1. The number of nitrogens with zero attached hydrogens (tertiary/aromatic N) is 1. The van der Waals surface area contributed by atoms with E-state index in [-0.39, 0.29) is 28.6 Å². The maximum Gasteiger partial charge on any atom is 0.156 e. The Bertz CT molecular complexity index is 1460. The Kier molecular flexibility index (Phi) is 7.08. The number of ether oxygens (including phenoxy) is 1. The molecule has 3 fully saturated rings. The number of hydrogen-bond donors (Lipinski definition) is 1. The van der Waals surface area contributed by atoms with Gasteiger partial charge in [0.2, 0.25) is 0 Å². The molecule has 1 unspecified atom stereocenters. The number of methoxy groups -OCH3 is 1. The van der Waals surface area contributed by atoms with Crippen LogP contribution in [0.15, 0.2) is 47.1 Å². The van der Waals surface area contributed by atoms with E-state index in [1.807, 2.05) is 19.9 Å². The fourth-order valence-electron chi connectivity index (χ4n) is 8.36. The smallest absolute Gasteiger partial charge is 0.156 e. The zero-order valence-corrected chi connectivity index (χ0v) is 25.6. The van der Waals surface area contributed by atoms with Gasteiger partial charge in [-0.15, -0.1) is 0 Å². The summed E-state index contributed by atoms with van der Waals surface area (Å²) in [5, 5.41) is 12.2. The topological polar surface area (TPSA) is 83.9 Å². The highest BCUT2D eigenvalue weighted by atomic mass is 32.2. The Morgan fingerprint density at radius 1 is 1.07 bits per heavy atom. The largest absolute Gasteiger partial charge is 0.377 e. The van der Waals surface area contributed by atoms with E-state index in [1.54, 1.807) is 7.11 Å². The minimum atomic E-state index is -2.94. The molecule has 1 heterocycles. The average molecular weight is 578 g/mol. The van der Waals surface area contributed by atoms with Crippen LogP contribution in [0.2, 0.25) is 0 Å². The lowest BCUT2D eigenvalue weighted by Crippen LogP contribution is -2.51. The van der Waals surface area contributed by atoms with Gasteiger partial charge >= 0.3 is 0 Å². The van der Waals surface area contributed by atoms with E-state index in [2.05, 4.69) is 47.9 Å². The van der Waals surface area contributed by atoms with Crippen molar-refractivity contribution in [1.82, 2.24) is 0 Å². The van der Waals surface area contributed by atoms with Gasteiger partial charge in [-0.3, -0.25) is 4.79 Å². The molecule has 0 aromatic heterocycles. The van der Waals surface area contributed by atoms with Gasteiger partial charge in [-0.05, 0) is 99.1 Å². The van der Waals surface area contributed by atoms with Crippen molar-refractivity contribution in [3.05, 3.63) is 52.6 Å². The lowest BCUT2D eigenvalue weighted by molar-refractivity contribution is -0.114. The molecule has 1 aromatic carbocycles. The van der Waals surface area contributed by atoms with E-state index in [1.165, 1.54) is 22.3 Å². The highest BCUT2D eigenvalue weighted by Gasteiger charge is 2.62. The van der Waals surface area contributed by atoms with Gasteiger partial charge < -0.3 is 14.7 Å². The summed E-state index contributed by atoms with van der Waals surface area (Å²) >= 11 is 0. The molecule has 7 heteroatoms. The van der Waals surface area contributed by atoms with Crippen molar-refractivity contribution in [2.75, 3.05) is 36.6 Å². The normalized spacial score (nSPS) is 34.7. The third-order valence-electron chi connectivity index (χ3n) is 11.0. The molecule has 6 nitrogen and oxygen atoms in total. The Morgan fingerprint density at radius 2 is 1.78 bits per heavy atom. The van der Waals surface area contributed by atoms with Crippen molar-refractivity contribution in [2.24, 2.45) is 17.3 Å². The fraction of sp³-hybridized carbons (Fsp3) is 0.618. The molecule has 1 aliphatic heterocycles.